The van der Waals surface area contributed by atoms with Crippen LogP contribution >= 0.6 is 0 Å². The molecule has 2 aliphatic heterocycles. The zero-order chi connectivity index (χ0) is 103. The van der Waals surface area contributed by atoms with Gasteiger partial charge in [-0.25, -0.2) is 0 Å². The monoisotopic (exact) mass is 1660 g/mol. The molecule has 0 spiro atoms. The quantitative estimate of drug-likeness (QED) is 0.101. The highest BCUT2D eigenvalue weighted by Gasteiger charge is 2.47. The Balaban J connectivity index is 1.15. The van der Waals surface area contributed by atoms with Crippen molar-refractivity contribution in [3.63, 3.8) is 0 Å². The highest BCUT2D eigenvalue weighted by molar-refractivity contribution is 7.00. The summed E-state index contributed by atoms with van der Waals surface area (Å²) >= 11 is 0. The largest absolute Gasteiger partial charge is 0.310 e. The summed E-state index contributed by atoms with van der Waals surface area (Å²) in [6.45, 7) is 55.0. The minimum Gasteiger partial charge on any atom is -0.310 e. The van der Waals surface area contributed by atoms with E-state index in [2.05, 4.69) is 235 Å². The number of rotatable bonds is 14. The lowest BCUT2D eigenvalue weighted by molar-refractivity contribution is 0.410. The van der Waals surface area contributed by atoms with Crippen LogP contribution < -0.4 is 26.2 Å². The summed E-state index contributed by atoms with van der Waals surface area (Å²) in [4.78, 5) is 4.79. The summed E-state index contributed by atoms with van der Waals surface area (Å²) in [5.74, 6) is 0. The van der Waals surface area contributed by atoms with Crippen LogP contribution in [-0.4, -0.2) is 15.8 Å². The Kier molecular flexibility index (Phi) is 17.0. The lowest BCUT2D eigenvalue weighted by Crippen LogP contribution is -2.61. The van der Waals surface area contributed by atoms with Crippen LogP contribution in [0, 0.1) is 32.5 Å². The Morgan fingerprint density at radius 1 is 0.272 bits per heavy atom. The van der Waals surface area contributed by atoms with Gasteiger partial charge >= 0.3 is 0 Å². The molecule has 638 valence electrons. The van der Waals surface area contributed by atoms with Crippen LogP contribution in [0.25, 0.3) is 99.5 Å². The van der Waals surface area contributed by atoms with Gasteiger partial charge in [0, 0.05) is 88.9 Å². The van der Waals surface area contributed by atoms with Crippen LogP contribution in [0.2, 0.25) is 0 Å². The van der Waals surface area contributed by atoms with Crippen LogP contribution in [0.4, 0.5) is 34.1 Å². The first kappa shape index (κ1) is 68.4. The summed E-state index contributed by atoms with van der Waals surface area (Å²) in [7, 11) is 0. The Morgan fingerprint density at radius 3 is 0.880 bits per heavy atom. The number of para-hydroxylation sites is 2. The lowest BCUT2D eigenvalue weighted by atomic mass is 9.33. The Bertz CT molecular complexity index is 7050. The molecule has 125 heavy (non-hydrogen) atoms. The molecule has 2 aliphatic rings. The van der Waals surface area contributed by atoms with E-state index >= 15 is 0 Å². The molecular weight excluding hydrogens is 1510 g/mol. The predicted molar refractivity (Wildman–Crippen MR) is 546 cm³/mol. The van der Waals surface area contributed by atoms with Gasteiger partial charge in [-0.3, -0.25) is 0 Å². The van der Waals surface area contributed by atoms with Crippen LogP contribution in [0.1, 0.15) is 259 Å². The Hall–Kier alpha value is -10.9. The fraction of sp³-hybridized carbons (Fsp3) is 0.350. The van der Waals surface area contributed by atoms with E-state index in [1.165, 1.54) is 0 Å². The van der Waals surface area contributed by atoms with Gasteiger partial charge in [0.25, 0.3) is 6.71 Å². The Morgan fingerprint density at radius 2 is 0.584 bits per heavy atom. The molecule has 0 bridgehead atoms. The maximum absolute atomic E-state index is 10.3. The van der Waals surface area contributed by atoms with Crippen LogP contribution in [0.3, 0.4) is 0 Å². The summed E-state index contributed by atoms with van der Waals surface area (Å²) < 4.78 is 164. The minimum atomic E-state index is -1.90. The fourth-order valence-electron chi connectivity index (χ4n) is 19.0. The van der Waals surface area contributed by atoms with Crippen LogP contribution in [0.15, 0.2) is 255 Å². The van der Waals surface area contributed by atoms with Crippen LogP contribution in [0.5, 0.6) is 0 Å². The van der Waals surface area contributed by atoms with E-state index in [1.807, 2.05) is 177 Å². The molecule has 4 nitrogen and oxygen atoms in total. The zero-order valence-corrected chi connectivity index (χ0v) is 78.9. The first-order chi connectivity index (χ1) is 65.0. The van der Waals surface area contributed by atoms with E-state index in [0.717, 1.165) is 77.8 Å². The molecule has 4 heterocycles. The van der Waals surface area contributed by atoms with Crippen molar-refractivity contribution >= 4 is 101 Å². The third kappa shape index (κ3) is 17.4. The van der Waals surface area contributed by atoms with Crippen molar-refractivity contribution in [2.24, 2.45) is 32.5 Å². The number of benzene rings is 13. The highest BCUT2D eigenvalue weighted by Crippen LogP contribution is 2.57. The number of hydrogen-bond donors (Lipinski definition) is 0. The average Bonchev–Trinajstić information content (AvgIpc) is 0.745. The second kappa shape index (κ2) is 31.0. The molecule has 5 heteroatoms. The van der Waals surface area contributed by atoms with Gasteiger partial charge in [0.15, 0.2) is 0 Å². The van der Waals surface area contributed by atoms with Gasteiger partial charge in [-0.15, -0.1) is 0 Å². The van der Waals surface area contributed by atoms with Gasteiger partial charge in [-0.1, -0.05) is 345 Å². The van der Waals surface area contributed by atoms with E-state index < -0.39 is 71.4 Å². The van der Waals surface area contributed by atoms with Crippen molar-refractivity contribution in [2.75, 3.05) is 9.80 Å². The fourth-order valence-corrected chi connectivity index (χ4v) is 19.0. The van der Waals surface area contributed by atoms with Gasteiger partial charge < -0.3 is 18.9 Å². The molecule has 0 unspecified atom stereocenters. The molecule has 0 fully saturated rings. The highest BCUT2D eigenvalue weighted by atomic mass is 15.2. The van der Waals surface area contributed by atoms with E-state index in [-0.39, 0.29) is 68.9 Å². The standard InChI is InChI=1S/C120H135BN4/c1-112(2,3)70-76-36-32-40-82(56-76)93-60-80(74-116(13,14)15)61-94(83-41-33-37-77(57-83)71-113(4,5)6)110(93)124-105-68-89(122-101-46-30-28-44-91(101)97-64-86(118(19,20)21)48-54-103(97)122)50-52-99(105)121-100-53-51-90(123-102-47-31-29-45-92(102)98-65-87(119(22,23)24)49-55-104(98)123)69-106(100)125(108-67-88(120(25,26)27)66-107(124)109(108)121)111-95(84-42-34-38-78(58-84)72-114(7,8)9)62-81(75-117(16,17)18)63-96(111)85-43-35-39-79(59-85)73-115(10,11)12/h28-69H,70-75H2,1-27H3/i28D,29D,30D,31D,44D,45D,46D,47D,70D2,71D2,72D2,73D2. The summed E-state index contributed by atoms with van der Waals surface area (Å²) in [5, 5.41) is 2.01. The van der Waals surface area contributed by atoms with Crippen LogP contribution in [-0.2, 0) is 54.6 Å². The summed E-state index contributed by atoms with van der Waals surface area (Å²) in [5.41, 5.74) is 16.1. The van der Waals surface area contributed by atoms with Crippen molar-refractivity contribution in [1.29, 1.82) is 0 Å². The maximum Gasteiger partial charge on any atom is 0.252 e. The van der Waals surface area contributed by atoms with Crippen molar-refractivity contribution in [2.45, 2.75) is 242 Å². The first-order valence-corrected chi connectivity index (χ1v) is 44.9. The van der Waals surface area contributed by atoms with Gasteiger partial charge in [0.1, 0.15) is 0 Å². The molecule has 0 radical (unpaired) electrons. The van der Waals surface area contributed by atoms with Gasteiger partial charge in [0.05, 0.1) is 44.4 Å². The van der Waals surface area contributed by atoms with Gasteiger partial charge in [-0.05, 0) is 273 Å². The molecule has 0 saturated carbocycles. The molecule has 0 aliphatic carbocycles. The molecule has 0 N–H and O–H groups in total. The third-order valence-corrected chi connectivity index (χ3v) is 24.0. The minimum absolute atomic E-state index is 0.178. The molecule has 2 aromatic heterocycles. The average molecular weight is 1660 g/mol. The SMILES string of the molecule is [2H]c1c([2H])c([2H])c2c(c1[2H])c1cc(C(C)(C)C)ccc1n2-c1ccc2c(c1)N(c1c(-c3cccc(C([2H])([2H])C(C)(C)C)c3)cc(CC(C)(C)C)cc1-c1cccc(C([2H])([2H])C(C)(C)C)c1)c1cc(C(C)(C)C)cc3c1B2c1ccc(-n2c4ccc(C(C)(C)C)cc4c4c([2H])c([2H])c([2H])c([2H])c42)cc1N3c1c(-c2cccc(C([2H])([2H])C(C)(C)C)c2)cc(CC(C)(C)C)cc1-c1cccc(C([2H])([2H])C(C)(C)C)c1. The van der Waals surface area contributed by atoms with Gasteiger partial charge in [0.2, 0.25) is 0 Å². The molecule has 13 aromatic carbocycles. The van der Waals surface area contributed by atoms with Gasteiger partial charge in [-0.2, -0.15) is 0 Å². The topological polar surface area (TPSA) is 16.3 Å². The molecule has 0 saturated heterocycles. The van der Waals surface area contributed by atoms with Crippen molar-refractivity contribution in [3.05, 3.63) is 305 Å². The number of fused-ring (bicyclic) bond motifs is 10. The second-order valence-corrected chi connectivity index (χ2v) is 45.2. The normalized spacial score (nSPS) is 16.0. The third-order valence-electron chi connectivity index (χ3n) is 24.0. The summed E-state index contributed by atoms with van der Waals surface area (Å²) in [6, 6.07) is 68.2. The predicted octanol–water partition coefficient (Wildman–Crippen LogP) is 32.1. The van der Waals surface area contributed by atoms with E-state index in [4.69, 9.17) is 0 Å². The van der Waals surface area contributed by atoms with Crippen molar-refractivity contribution in [3.8, 4) is 55.9 Å². The number of aromatic nitrogens is 2. The molecular formula is C120H135BN4. The number of anilines is 6. The maximum atomic E-state index is 10.3. The number of hydrogen-bond acceptors (Lipinski definition) is 2. The van der Waals surface area contributed by atoms with Crippen molar-refractivity contribution < 1.29 is 21.9 Å². The second-order valence-electron chi connectivity index (χ2n) is 45.2. The molecule has 0 amide bonds. The smallest absolute Gasteiger partial charge is 0.252 e. The molecule has 0 atom stereocenters. The van der Waals surface area contributed by atoms with E-state index in [1.54, 1.807) is 0 Å². The lowest BCUT2D eigenvalue weighted by Gasteiger charge is -2.46. The first-order valence-electron chi connectivity index (χ1n) is 52.9. The number of nitrogens with zero attached hydrogens (tertiary/aromatic N) is 4. The molecule has 17 rings (SSSR count). The molecule has 15 aromatic rings. The van der Waals surface area contributed by atoms with Crippen molar-refractivity contribution in [1.82, 2.24) is 9.13 Å². The zero-order valence-electron chi connectivity index (χ0n) is 94.9. The Labute approximate surface area is 772 Å². The summed E-state index contributed by atoms with van der Waals surface area (Å²) in [6.07, 6.45) is -6.44. The van der Waals surface area contributed by atoms with E-state index in [0.29, 0.717) is 124 Å². The van der Waals surface area contributed by atoms with E-state index in [9.17, 15) is 21.9 Å².